The Labute approximate surface area is 177 Å². The molecule has 30 heavy (non-hydrogen) atoms. The minimum Gasteiger partial charge on any atom is -0.477 e. The van der Waals surface area contributed by atoms with Gasteiger partial charge in [0, 0.05) is 30.7 Å². The number of pyridine rings is 2. The molecule has 1 aliphatic heterocycles. The van der Waals surface area contributed by atoms with Gasteiger partial charge < -0.3 is 25.1 Å². The second-order valence-electron chi connectivity index (χ2n) is 7.82. The van der Waals surface area contributed by atoms with E-state index in [1.54, 1.807) is 9.47 Å². The zero-order chi connectivity index (χ0) is 20.9. The molecule has 9 nitrogen and oxygen atoms in total. The van der Waals surface area contributed by atoms with Crippen molar-refractivity contribution >= 4 is 40.9 Å². The number of fused-ring (bicyclic) bond motifs is 1. The van der Waals surface area contributed by atoms with Crippen molar-refractivity contribution in [3.05, 3.63) is 33.9 Å². The first-order valence-corrected chi connectivity index (χ1v) is 9.33. The summed E-state index contributed by atoms with van der Waals surface area (Å²) < 4.78 is 16.7. The monoisotopic (exact) mass is 439 g/mol. The molecule has 2 fully saturated rings. The van der Waals surface area contributed by atoms with Crippen LogP contribution in [0.15, 0.2) is 22.2 Å². The topological polar surface area (TPSA) is 123 Å². The summed E-state index contributed by atoms with van der Waals surface area (Å²) in [4.78, 5) is 35.1. The van der Waals surface area contributed by atoms with E-state index >= 15 is 0 Å². The number of rotatable bonds is 5. The molecule has 2 aromatic heterocycles. The SMILES string of the molecule is CON=C1CN(c2nc3c(cc2F)c(=O)c(C(=O)O)cn3C2CC2)C[C@@]1(C)CN.Cl. The highest BCUT2D eigenvalue weighted by atomic mass is 35.5. The molecule has 1 saturated carbocycles. The molecule has 3 N–H and O–H groups in total. The second-order valence-corrected chi connectivity index (χ2v) is 7.82. The van der Waals surface area contributed by atoms with E-state index in [2.05, 4.69) is 10.1 Å². The zero-order valence-corrected chi connectivity index (χ0v) is 17.4. The summed E-state index contributed by atoms with van der Waals surface area (Å²) in [6.07, 6.45) is 3.02. The third-order valence-electron chi connectivity index (χ3n) is 5.64. The van der Waals surface area contributed by atoms with Crippen molar-refractivity contribution in [2.24, 2.45) is 16.3 Å². The predicted octanol–water partition coefficient (Wildman–Crippen LogP) is 1.78. The largest absolute Gasteiger partial charge is 0.477 e. The van der Waals surface area contributed by atoms with Gasteiger partial charge in [0.2, 0.25) is 5.43 Å². The van der Waals surface area contributed by atoms with Crippen molar-refractivity contribution < 1.29 is 19.1 Å². The Balaban J connectivity index is 0.00000256. The number of aromatic nitrogens is 2. The Bertz CT molecular complexity index is 1100. The van der Waals surface area contributed by atoms with Gasteiger partial charge in [0.25, 0.3) is 0 Å². The number of oxime groups is 1. The number of nitrogens with two attached hydrogens (primary N) is 1. The quantitative estimate of drug-likeness (QED) is 0.680. The number of anilines is 1. The van der Waals surface area contributed by atoms with Crippen molar-refractivity contribution in [3.63, 3.8) is 0 Å². The third-order valence-corrected chi connectivity index (χ3v) is 5.64. The van der Waals surface area contributed by atoms with Crippen LogP contribution in [0.4, 0.5) is 10.2 Å². The van der Waals surface area contributed by atoms with E-state index in [0.29, 0.717) is 18.8 Å². The summed E-state index contributed by atoms with van der Waals surface area (Å²) in [7, 11) is 1.44. The van der Waals surface area contributed by atoms with Crippen molar-refractivity contribution in [2.45, 2.75) is 25.8 Å². The molecular weight excluding hydrogens is 417 g/mol. The molecule has 0 spiro atoms. The molecule has 11 heteroatoms. The first-order chi connectivity index (χ1) is 13.8. The number of aromatic carboxylic acids is 1. The van der Waals surface area contributed by atoms with Crippen molar-refractivity contribution in [2.75, 3.05) is 31.6 Å². The van der Waals surface area contributed by atoms with Crippen LogP contribution < -0.4 is 16.1 Å². The van der Waals surface area contributed by atoms with Crippen LogP contribution in [-0.4, -0.2) is 53.1 Å². The molecule has 0 bridgehead atoms. The minimum absolute atomic E-state index is 0. The highest BCUT2D eigenvalue weighted by molar-refractivity contribution is 5.97. The number of hydrogen-bond donors (Lipinski definition) is 2. The van der Waals surface area contributed by atoms with Crippen LogP contribution in [0.2, 0.25) is 0 Å². The van der Waals surface area contributed by atoms with Crippen LogP contribution in [0.5, 0.6) is 0 Å². The fourth-order valence-corrected chi connectivity index (χ4v) is 3.76. The molecule has 1 saturated heterocycles. The van der Waals surface area contributed by atoms with E-state index in [-0.39, 0.29) is 47.4 Å². The van der Waals surface area contributed by atoms with Crippen LogP contribution in [0, 0.1) is 11.2 Å². The van der Waals surface area contributed by atoms with Gasteiger partial charge in [-0.1, -0.05) is 12.1 Å². The lowest BCUT2D eigenvalue weighted by molar-refractivity contribution is 0.0695. The molecule has 1 atom stereocenters. The molecule has 0 aromatic carbocycles. The van der Waals surface area contributed by atoms with Gasteiger partial charge in [0.15, 0.2) is 11.6 Å². The van der Waals surface area contributed by atoms with Gasteiger partial charge in [-0.3, -0.25) is 4.79 Å². The van der Waals surface area contributed by atoms with E-state index in [0.717, 1.165) is 18.9 Å². The highest BCUT2D eigenvalue weighted by Gasteiger charge is 2.41. The smallest absolute Gasteiger partial charge is 0.341 e. The van der Waals surface area contributed by atoms with Gasteiger partial charge in [0.1, 0.15) is 18.3 Å². The zero-order valence-electron chi connectivity index (χ0n) is 16.6. The normalized spacial score (nSPS) is 22.4. The van der Waals surface area contributed by atoms with E-state index < -0.39 is 22.6 Å². The molecule has 0 radical (unpaired) electrons. The molecule has 1 aliphatic carbocycles. The standard InChI is InChI=1S/C19H22FN5O4.ClH/c1-19(8-21)9-24(7-14(19)23-29-2)17-13(20)5-11-15(26)12(18(27)28)6-25(10-3-4-10)16(11)22-17;/h5-6,10H,3-4,7-9,21H2,1-2H3,(H,27,28);1H/t19-;/m1./s1. The molecule has 0 unspecified atom stereocenters. The molecular formula is C19H23ClFN5O4. The lowest BCUT2D eigenvalue weighted by atomic mass is 9.88. The second kappa shape index (κ2) is 7.84. The summed E-state index contributed by atoms with van der Waals surface area (Å²) >= 11 is 0. The fraction of sp³-hybridized carbons (Fsp3) is 0.474. The fourth-order valence-electron chi connectivity index (χ4n) is 3.76. The Morgan fingerprint density at radius 3 is 2.77 bits per heavy atom. The number of hydrogen-bond acceptors (Lipinski definition) is 7. The van der Waals surface area contributed by atoms with Crippen molar-refractivity contribution in [3.8, 4) is 0 Å². The number of nitrogens with zero attached hydrogens (tertiary/aromatic N) is 4. The first-order valence-electron chi connectivity index (χ1n) is 9.33. The maximum Gasteiger partial charge on any atom is 0.341 e. The van der Waals surface area contributed by atoms with E-state index in [1.165, 1.54) is 13.3 Å². The molecule has 3 heterocycles. The Kier molecular flexibility index (Phi) is 5.74. The maximum atomic E-state index is 15.0. The molecule has 162 valence electrons. The van der Waals surface area contributed by atoms with Gasteiger partial charge in [-0.05, 0) is 18.9 Å². The highest BCUT2D eigenvalue weighted by Crippen LogP contribution is 2.38. The molecule has 2 aromatic rings. The van der Waals surface area contributed by atoms with Crippen LogP contribution in [0.1, 0.15) is 36.2 Å². The Morgan fingerprint density at radius 2 is 2.20 bits per heavy atom. The molecule has 2 aliphatic rings. The van der Waals surface area contributed by atoms with Crippen LogP contribution in [0.25, 0.3) is 11.0 Å². The number of carboxylic acid groups (broad SMARTS) is 1. The van der Waals surface area contributed by atoms with Crippen molar-refractivity contribution in [1.82, 2.24) is 9.55 Å². The van der Waals surface area contributed by atoms with E-state index in [4.69, 9.17) is 10.6 Å². The Hall–Kier alpha value is -2.72. The van der Waals surface area contributed by atoms with Crippen LogP contribution >= 0.6 is 12.4 Å². The van der Waals surface area contributed by atoms with Gasteiger partial charge >= 0.3 is 5.97 Å². The summed E-state index contributed by atoms with van der Waals surface area (Å²) in [5.41, 5.74) is 5.26. The van der Waals surface area contributed by atoms with E-state index in [1.807, 2.05) is 6.92 Å². The number of halogens is 2. The summed E-state index contributed by atoms with van der Waals surface area (Å²) in [6.45, 7) is 2.90. The van der Waals surface area contributed by atoms with Crippen LogP contribution in [-0.2, 0) is 4.84 Å². The number of carbonyl (C=O) groups is 1. The van der Waals surface area contributed by atoms with Gasteiger partial charge in [-0.2, -0.15) is 0 Å². The van der Waals surface area contributed by atoms with Gasteiger partial charge in [-0.15, -0.1) is 12.4 Å². The van der Waals surface area contributed by atoms with Gasteiger partial charge in [0.05, 0.1) is 17.6 Å². The lowest BCUT2D eigenvalue weighted by Gasteiger charge is -2.23. The van der Waals surface area contributed by atoms with E-state index in [9.17, 15) is 19.1 Å². The lowest BCUT2D eigenvalue weighted by Crippen LogP contribution is -2.36. The summed E-state index contributed by atoms with van der Waals surface area (Å²) in [5, 5.41) is 13.3. The molecule has 0 amide bonds. The molecule has 4 rings (SSSR count). The number of carboxylic acids is 1. The predicted molar refractivity (Wildman–Crippen MR) is 112 cm³/mol. The summed E-state index contributed by atoms with van der Waals surface area (Å²) in [6, 6.07) is 1.14. The first kappa shape index (κ1) is 22.0. The summed E-state index contributed by atoms with van der Waals surface area (Å²) in [5.74, 6) is -1.96. The average molecular weight is 440 g/mol. The minimum atomic E-state index is -1.34. The average Bonchev–Trinajstić information content (AvgIpc) is 3.47. The Morgan fingerprint density at radius 1 is 1.50 bits per heavy atom. The van der Waals surface area contributed by atoms with Crippen LogP contribution in [0.3, 0.4) is 0 Å². The maximum absolute atomic E-state index is 15.0. The third kappa shape index (κ3) is 3.50. The van der Waals surface area contributed by atoms with Gasteiger partial charge in [-0.25, -0.2) is 14.2 Å². The van der Waals surface area contributed by atoms with Crippen molar-refractivity contribution in [1.29, 1.82) is 0 Å².